The van der Waals surface area contributed by atoms with Gasteiger partial charge in [-0.25, -0.2) is 4.79 Å². The van der Waals surface area contributed by atoms with Crippen LogP contribution in [0.1, 0.15) is 45.1 Å². The average Bonchev–Trinajstić information content (AvgIpc) is 2.56. The van der Waals surface area contributed by atoms with Gasteiger partial charge in [-0.15, -0.1) is 10.1 Å². The number of carbonyl (C=O) groups excluding carboxylic acids is 1. The molecule has 2 rings (SSSR count). The SMILES string of the molecule is CC(C)[C@](O)(C(=O)O[C@@H]1CCCC[C@H]1O[N+](=O)[O-])c1ccccc1. The van der Waals surface area contributed by atoms with E-state index in [1.54, 1.807) is 44.2 Å². The summed E-state index contributed by atoms with van der Waals surface area (Å²) in [6, 6.07) is 8.57. The van der Waals surface area contributed by atoms with Crippen LogP contribution in [0.15, 0.2) is 30.3 Å². The molecule has 0 aromatic heterocycles. The molecule has 0 bridgehead atoms. The Balaban J connectivity index is 2.19. The number of rotatable bonds is 6. The Morgan fingerprint density at radius 3 is 2.38 bits per heavy atom. The molecule has 0 heterocycles. The van der Waals surface area contributed by atoms with E-state index in [4.69, 9.17) is 4.74 Å². The lowest BCUT2D eigenvalue weighted by Crippen LogP contribution is -2.47. The maximum Gasteiger partial charge on any atom is 0.343 e. The average molecular weight is 337 g/mol. The molecule has 1 saturated carbocycles. The van der Waals surface area contributed by atoms with E-state index in [0.29, 0.717) is 18.4 Å². The van der Waals surface area contributed by atoms with Gasteiger partial charge in [0.05, 0.1) is 0 Å². The van der Waals surface area contributed by atoms with Crippen molar-refractivity contribution in [3.05, 3.63) is 46.0 Å². The Morgan fingerprint density at radius 1 is 1.25 bits per heavy atom. The second kappa shape index (κ2) is 7.61. The summed E-state index contributed by atoms with van der Waals surface area (Å²) in [4.78, 5) is 28.0. The largest absolute Gasteiger partial charge is 0.458 e. The molecule has 3 atom stereocenters. The molecule has 132 valence electrons. The van der Waals surface area contributed by atoms with Crippen LogP contribution in [0.4, 0.5) is 0 Å². The highest BCUT2D eigenvalue weighted by Crippen LogP contribution is 2.33. The van der Waals surface area contributed by atoms with Crippen molar-refractivity contribution in [1.82, 2.24) is 0 Å². The van der Waals surface area contributed by atoms with Crippen molar-refractivity contribution in [3.8, 4) is 0 Å². The molecular formula is C17H23NO6. The first-order valence-corrected chi connectivity index (χ1v) is 8.15. The zero-order chi connectivity index (χ0) is 17.7. The Hall–Kier alpha value is -2.15. The topological polar surface area (TPSA) is 98.9 Å². The van der Waals surface area contributed by atoms with E-state index in [1.807, 2.05) is 0 Å². The van der Waals surface area contributed by atoms with Gasteiger partial charge >= 0.3 is 5.97 Å². The first kappa shape index (κ1) is 18.2. The van der Waals surface area contributed by atoms with E-state index < -0.39 is 34.8 Å². The van der Waals surface area contributed by atoms with Crippen LogP contribution in [0.25, 0.3) is 0 Å². The lowest BCUT2D eigenvalue weighted by molar-refractivity contribution is -0.771. The molecular weight excluding hydrogens is 314 g/mol. The van der Waals surface area contributed by atoms with Crippen molar-refractivity contribution >= 4 is 5.97 Å². The van der Waals surface area contributed by atoms with Crippen LogP contribution in [-0.4, -0.2) is 28.4 Å². The predicted molar refractivity (Wildman–Crippen MR) is 85.4 cm³/mol. The maximum atomic E-state index is 12.7. The number of nitrogens with zero attached hydrogens (tertiary/aromatic N) is 1. The molecule has 24 heavy (non-hydrogen) atoms. The van der Waals surface area contributed by atoms with Crippen LogP contribution in [0.3, 0.4) is 0 Å². The lowest BCUT2D eigenvalue weighted by Gasteiger charge is -2.35. The second-order valence-corrected chi connectivity index (χ2v) is 6.38. The van der Waals surface area contributed by atoms with Crippen molar-refractivity contribution in [2.24, 2.45) is 5.92 Å². The van der Waals surface area contributed by atoms with Crippen LogP contribution < -0.4 is 0 Å². The van der Waals surface area contributed by atoms with Gasteiger partial charge in [0.1, 0.15) is 12.2 Å². The molecule has 0 radical (unpaired) electrons. The fraction of sp³-hybridized carbons (Fsp3) is 0.588. The molecule has 1 N–H and O–H groups in total. The third kappa shape index (κ3) is 3.84. The van der Waals surface area contributed by atoms with Gasteiger partial charge in [-0.1, -0.05) is 50.6 Å². The van der Waals surface area contributed by atoms with E-state index in [2.05, 4.69) is 4.84 Å². The van der Waals surface area contributed by atoms with E-state index in [0.717, 1.165) is 12.8 Å². The normalized spacial score (nSPS) is 23.3. The third-order valence-corrected chi connectivity index (χ3v) is 4.48. The third-order valence-electron chi connectivity index (χ3n) is 4.48. The smallest absolute Gasteiger partial charge is 0.343 e. The molecule has 0 saturated heterocycles. The highest BCUT2D eigenvalue weighted by Gasteiger charge is 2.45. The maximum absolute atomic E-state index is 12.7. The van der Waals surface area contributed by atoms with Gasteiger partial charge in [0, 0.05) is 0 Å². The van der Waals surface area contributed by atoms with Gasteiger partial charge in [-0.3, -0.25) is 0 Å². The van der Waals surface area contributed by atoms with Crippen molar-refractivity contribution in [2.45, 2.75) is 57.3 Å². The molecule has 0 spiro atoms. The summed E-state index contributed by atoms with van der Waals surface area (Å²) in [5.74, 6) is -1.22. The van der Waals surface area contributed by atoms with Crippen LogP contribution in [0, 0.1) is 16.0 Å². The van der Waals surface area contributed by atoms with Gasteiger partial charge in [-0.05, 0) is 30.7 Å². The second-order valence-electron chi connectivity index (χ2n) is 6.38. The molecule has 0 aliphatic heterocycles. The summed E-state index contributed by atoms with van der Waals surface area (Å²) in [6.45, 7) is 3.44. The number of carbonyl (C=O) groups is 1. The Morgan fingerprint density at radius 2 is 1.83 bits per heavy atom. The number of esters is 1. The Kier molecular flexibility index (Phi) is 5.77. The zero-order valence-electron chi connectivity index (χ0n) is 13.9. The number of hydrogen-bond acceptors (Lipinski definition) is 6. The minimum Gasteiger partial charge on any atom is -0.458 e. The minimum absolute atomic E-state index is 0.425. The summed E-state index contributed by atoms with van der Waals surface area (Å²) in [6.07, 6.45) is 0.980. The highest BCUT2D eigenvalue weighted by atomic mass is 17.0. The molecule has 7 nitrogen and oxygen atoms in total. The molecule has 1 fully saturated rings. The molecule has 0 unspecified atom stereocenters. The van der Waals surface area contributed by atoms with E-state index >= 15 is 0 Å². The van der Waals surface area contributed by atoms with Crippen molar-refractivity contribution < 1.29 is 24.6 Å². The molecule has 0 amide bonds. The van der Waals surface area contributed by atoms with Gasteiger partial charge < -0.3 is 14.7 Å². The molecule has 1 aliphatic rings. The minimum atomic E-state index is -1.81. The zero-order valence-corrected chi connectivity index (χ0v) is 13.9. The van der Waals surface area contributed by atoms with E-state index in [1.165, 1.54) is 0 Å². The van der Waals surface area contributed by atoms with Crippen molar-refractivity contribution in [1.29, 1.82) is 0 Å². The summed E-state index contributed by atoms with van der Waals surface area (Å²) < 4.78 is 5.47. The first-order chi connectivity index (χ1) is 11.4. The Bertz CT molecular complexity index is 576. The summed E-state index contributed by atoms with van der Waals surface area (Å²) in [5.41, 5.74) is -1.37. The number of benzene rings is 1. The van der Waals surface area contributed by atoms with Gasteiger partial charge in [0.2, 0.25) is 0 Å². The number of hydrogen-bond donors (Lipinski definition) is 1. The molecule has 1 aromatic carbocycles. The van der Waals surface area contributed by atoms with Gasteiger partial charge in [0.15, 0.2) is 5.60 Å². The predicted octanol–water partition coefficient (Wildman–Crippen LogP) is 2.59. The monoisotopic (exact) mass is 337 g/mol. The quantitative estimate of drug-likeness (QED) is 0.487. The fourth-order valence-electron chi connectivity index (χ4n) is 3.04. The van der Waals surface area contributed by atoms with Crippen LogP contribution in [-0.2, 0) is 20.0 Å². The van der Waals surface area contributed by atoms with Crippen LogP contribution in [0.2, 0.25) is 0 Å². The number of aliphatic hydroxyl groups is 1. The molecule has 1 aromatic rings. The standard InChI is InChI=1S/C17H23NO6/c1-12(2)17(20,13-8-4-3-5-9-13)16(19)23-14-10-6-7-11-15(14)24-18(21)22/h3-5,8-9,12,14-15,20H,6-7,10-11H2,1-2H3/t14-,15-,17-/m1/s1. The summed E-state index contributed by atoms with van der Waals surface area (Å²) >= 11 is 0. The van der Waals surface area contributed by atoms with Crippen LogP contribution >= 0.6 is 0 Å². The van der Waals surface area contributed by atoms with E-state index in [9.17, 15) is 20.0 Å². The van der Waals surface area contributed by atoms with E-state index in [-0.39, 0.29) is 0 Å². The fourth-order valence-corrected chi connectivity index (χ4v) is 3.04. The van der Waals surface area contributed by atoms with Crippen molar-refractivity contribution in [3.63, 3.8) is 0 Å². The number of ether oxygens (including phenoxy) is 1. The molecule has 1 aliphatic carbocycles. The summed E-state index contributed by atoms with van der Waals surface area (Å²) in [7, 11) is 0. The molecule has 7 heteroatoms. The van der Waals surface area contributed by atoms with Gasteiger partial charge in [0.25, 0.3) is 5.09 Å². The first-order valence-electron chi connectivity index (χ1n) is 8.15. The Labute approximate surface area is 140 Å². The van der Waals surface area contributed by atoms with Crippen molar-refractivity contribution in [2.75, 3.05) is 0 Å². The lowest BCUT2D eigenvalue weighted by atomic mass is 9.83. The van der Waals surface area contributed by atoms with Gasteiger partial charge in [-0.2, -0.15) is 0 Å². The van der Waals surface area contributed by atoms with Crippen LogP contribution in [0.5, 0.6) is 0 Å². The highest BCUT2D eigenvalue weighted by molar-refractivity contribution is 5.81. The summed E-state index contributed by atoms with van der Waals surface area (Å²) in [5, 5.41) is 20.7.